The Morgan fingerprint density at radius 1 is 1.03 bits per heavy atom. The minimum atomic E-state index is -3.88. The van der Waals surface area contributed by atoms with Crippen LogP contribution < -0.4 is 15.5 Å². The Morgan fingerprint density at radius 2 is 1.76 bits per heavy atom. The zero-order valence-corrected chi connectivity index (χ0v) is 19.3. The molecule has 0 atom stereocenters. The van der Waals surface area contributed by atoms with Crippen molar-refractivity contribution in [1.29, 1.82) is 0 Å². The first-order valence-electron chi connectivity index (χ1n) is 10.8. The van der Waals surface area contributed by atoms with E-state index in [1.54, 1.807) is 26.0 Å². The minimum Gasteiger partial charge on any atom is -0.322 e. The lowest BCUT2D eigenvalue weighted by atomic mass is 9.82. The number of urea groups is 1. The smallest absolute Gasteiger partial charge is 0.322 e. The highest BCUT2D eigenvalue weighted by Crippen LogP contribution is 2.33. The summed E-state index contributed by atoms with van der Waals surface area (Å²) in [5.74, 6) is -1.16. The van der Waals surface area contributed by atoms with Crippen LogP contribution in [0, 0.1) is 13.8 Å². The molecule has 0 aromatic heterocycles. The van der Waals surface area contributed by atoms with Gasteiger partial charge < -0.3 is 5.32 Å². The van der Waals surface area contributed by atoms with Gasteiger partial charge in [0.1, 0.15) is 5.54 Å². The van der Waals surface area contributed by atoms with Crippen LogP contribution in [0.1, 0.15) is 53.6 Å². The molecule has 2 aromatic rings. The number of amides is 4. The summed E-state index contributed by atoms with van der Waals surface area (Å²) in [5.41, 5.74) is 3.09. The Hall–Kier alpha value is -3.40. The van der Waals surface area contributed by atoms with Crippen LogP contribution >= 0.6 is 0 Å². The molecular weight excluding hydrogens is 444 g/mol. The molecule has 4 amide bonds. The molecule has 10 heteroatoms. The highest BCUT2D eigenvalue weighted by atomic mass is 32.2. The van der Waals surface area contributed by atoms with E-state index in [0.29, 0.717) is 18.4 Å². The Morgan fingerprint density at radius 3 is 2.48 bits per heavy atom. The van der Waals surface area contributed by atoms with Crippen molar-refractivity contribution in [2.24, 2.45) is 0 Å². The van der Waals surface area contributed by atoms with E-state index in [1.165, 1.54) is 24.3 Å². The van der Waals surface area contributed by atoms with E-state index in [4.69, 9.17) is 0 Å². The fourth-order valence-electron chi connectivity index (χ4n) is 4.31. The average molecular weight is 471 g/mol. The zero-order chi connectivity index (χ0) is 23.8. The molecule has 2 aromatic carbocycles. The number of carbonyl (C=O) groups is 3. The predicted octanol–water partition coefficient (Wildman–Crippen LogP) is 3.00. The lowest BCUT2D eigenvalue weighted by Crippen LogP contribution is -2.50. The number of nitrogens with zero attached hydrogens (tertiary/aromatic N) is 1. The van der Waals surface area contributed by atoms with E-state index in [-0.39, 0.29) is 16.1 Å². The van der Waals surface area contributed by atoms with E-state index >= 15 is 0 Å². The third kappa shape index (κ3) is 4.43. The second kappa shape index (κ2) is 8.51. The highest BCUT2D eigenvalue weighted by molar-refractivity contribution is 7.92. The van der Waals surface area contributed by atoms with Gasteiger partial charge in [-0.15, -0.1) is 0 Å². The lowest BCUT2D eigenvalue weighted by molar-refractivity contribution is -0.134. The summed E-state index contributed by atoms with van der Waals surface area (Å²) in [6, 6.07) is 10.3. The van der Waals surface area contributed by atoms with Gasteiger partial charge in [0.2, 0.25) is 0 Å². The number of benzene rings is 2. The van der Waals surface area contributed by atoms with Gasteiger partial charge in [0.05, 0.1) is 4.90 Å². The molecule has 33 heavy (non-hydrogen) atoms. The summed E-state index contributed by atoms with van der Waals surface area (Å²) in [4.78, 5) is 38.2. The van der Waals surface area contributed by atoms with Crippen molar-refractivity contribution in [3.05, 3.63) is 59.2 Å². The van der Waals surface area contributed by atoms with Crippen molar-refractivity contribution in [3.63, 3.8) is 0 Å². The molecule has 0 radical (unpaired) electrons. The molecule has 1 aliphatic carbocycles. The van der Waals surface area contributed by atoms with E-state index in [1.807, 2.05) is 6.07 Å². The van der Waals surface area contributed by atoms with Crippen LogP contribution in [0.25, 0.3) is 0 Å². The van der Waals surface area contributed by atoms with Crippen LogP contribution in [0.15, 0.2) is 47.4 Å². The summed E-state index contributed by atoms with van der Waals surface area (Å²) < 4.78 is 28.2. The summed E-state index contributed by atoms with van der Waals surface area (Å²) >= 11 is 0. The van der Waals surface area contributed by atoms with Crippen LogP contribution in [0.2, 0.25) is 0 Å². The third-order valence-corrected chi connectivity index (χ3v) is 7.62. The summed E-state index contributed by atoms with van der Waals surface area (Å²) in [5, 5.41) is 3.45. The zero-order valence-electron chi connectivity index (χ0n) is 18.5. The van der Waals surface area contributed by atoms with E-state index < -0.39 is 33.4 Å². The summed E-state index contributed by atoms with van der Waals surface area (Å²) in [6.07, 6.45) is 3.74. The van der Waals surface area contributed by atoms with Crippen molar-refractivity contribution >= 4 is 33.6 Å². The maximum atomic E-state index is 12.9. The predicted molar refractivity (Wildman–Crippen MR) is 122 cm³/mol. The molecule has 2 fully saturated rings. The summed E-state index contributed by atoms with van der Waals surface area (Å²) in [7, 11) is -3.88. The highest BCUT2D eigenvalue weighted by Gasteiger charge is 2.52. The third-order valence-electron chi connectivity index (χ3n) is 6.09. The molecule has 4 rings (SSSR count). The van der Waals surface area contributed by atoms with E-state index in [0.717, 1.165) is 29.8 Å². The minimum absolute atomic E-state index is 0.0985. The summed E-state index contributed by atoms with van der Waals surface area (Å²) in [6.45, 7) is 3.51. The quantitative estimate of drug-likeness (QED) is 0.580. The first-order chi connectivity index (χ1) is 15.6. The first kappa shape index (κ1) is 22.8. The molecule has 3 N–H and O–H groups in total. The second-order valence-corrected chi connectivity index (χ2v) is 10.3. The van der Waals surface area contributed by atoms with Crippen molar-refractivity contribution in [3.8, 4) is 0 Å². The Labute approximate surface area is 192 Å². The largest absolute Gasteiger partial charge is 0.344 e. The van der Waals surface area contributed by atoms with Gasteiger partial charge >= 0.3 is 6.03 Å². The Kier molecular flexibility index (Phi) is 5.87. The number of hydrogen-bond acceptors (Lipinski definition) is 5. The van der Waals surface area contributed by atoms with Gasteiger partial charge in [0.25, 0.3) is 21.8 Å². The van der Waals surface area contributed by atoms with Crippen molar-refractivity contribution in [2.45, 2.75) is 56.4 Å². The SMILES string of the molecule is Cc1ccc(C)c(S(=O)(=O)Nc2cccc(C(=O)NN3C(=O)NC4(CCCCC4)C3=O)c2)c1. The topological polar surface area (TPSA) is 125 Å². The number of rotatable bonds is 5. The van der Waals surface area contributed by atoms with Gasteiger partial charge in [-0.3, -0.25) is 19.7 Å². The maximum Gasteiger partial charge on any atom is 0.344 e. The monoisotopic (exact) mass is 470 g/mol. The molecular formula is C23H26N4O5S. The molecule has 0 bridgehead atoms. The Balaban J connectivity index is 1.51. The number of hydrogen-bond donors (Lipinski definition) is 3. The van der Waals surface area contributed by atoms with Crippen molar-refractivity contribution < 1.29 is 22.8 Å². The molecule has 9 nitrogen and oxygen atoms in total. The van der Waals surface area contributed by atoms with Gasteiger partial charge in [0, 0.05) is 11.3 Å². The molecule has 0 unspecified atom stereocenters. The standard InChI is InChI=1S/C23H26N4O5S/c1-15-9-10-16(2)19(13-15)33(31,32)26-18-8-6-7-17(14-18)20(28)25-27-21(29)23(24-22(27)30)11-4-3-5-12-23/h6-10,13-14,26H,3-5,11-12H2,1-2H3,(H,24,30)(H,25,28). The molecule has 1 saturated heterocycles. The van der Waals surface area contributed by atoms with Crippen LogP contribution in [0.5, 0.6) is 0 Å². The van der Waals surface area contributed by atoms with Crippen LogP contribution in [0.3, 0.4) is 0 Å². The van der Waals surface area contributed by atoms with Gasteiger partial charge in [-0.25, -0.2) is 13.2 Å². The fourth-order valence-corrected chi connectivity index (χ4v) is 5.69. The number of imide groups is 1. The molecule has 2 aliphatic rings. The van der Waals surface area contributed by atoms with Crippen LogP contribution in [-0.2, 0) is 14.8 Å². The second-order valence-electron chi connectivity index (χ2n) is 8.61. The lowest BCUT2D eigenvalue weighted by Gasteiger charge is -2.30. The molecule has 174 valence electrons. The molecule has 1 spiro atoms. The van der Waals surface area contributed by atoms with Crippen LogP contribution in [-0.4, -0.2) is 36.8 Å². The Bertz CT molecular complexity index is 1240. The average Bonchev–Trinajstić information content (AvgIpc) is 2.99. The van der Waals surface area contributed by atoms with Crippen LogP contribution in [0.4, 0.5) is 10.5 Å². The number of sulfonamides is 1. The number of nitrogens with one attached hydrogen (secondary N) is 3. The van der Waals surface area contributed by atoms with Gasteiger partial charge in [0.15, 0.2) is 0 Å². The number of aryl methyl sites for hydroxylation is 2. The van der Waals surface area contributed by atoms with Gasteiger partial charge in [-0.1, -0.05) is 37.5 Å². The fraction of sp³-hybridized carbons (Fsp3) is 0.348. The van der Waals surface area contributed by atoms with Gasteiger partial charge in [-0.2, -0.15) is 5.01 Å². The number of hydrazine groups is 1. The number of anilines is 1. The van der Waals surface area contributed by atoms with E-state index in [9.17, 15) is 22.8 Å². The van der Waals surface area contributed by atoms with Crippen molar-refractivity contribution in [2.75, 3.05) is 4.72 Å². The van der Waals surface area contributed by atoms with Crippen molar-refractivity contribution in [1.82, 2.24) is 15.8 Å². The number of carbonyl (C=O) groups excluding carboxylic acids is 3. The van der Waals surface area contributed by atoms with E-state index in [2.05, 4.69) is 15.5 Å². The first-order valence-corrected chi connectivity index (χ1v) is 12.3. The maximum absolute atomic E-state index is 12.9. The molecule has 1 heterocycles. The van der Waals surface area contributed by atoms with Gasteiger partial charge in [-0.05, 0) is 62.1 Å². The normalized spacial score (nSPS) is 17.7. The molecule has 1 saturated carbocycles. The molecule has 1 aliphatic heterocycles.